The summed E-state index contributed by atoms with van der Waals surface area (Å²) in [6, 6.07) is 12.9. The molecular weight excluding hydrogens is 406 g/mol. The van der Waals surface area contributed by atoms with Crippen molar-refractivity contribution < 1.29 is 4.79 Å². The van der Waals surface area contributed by atoms with Crippen LogP contribution in [0.15, 0.2) is 41.8 Å². The van der Waals surface area contributed by atoms with Crippen molar-refractivity contribution in [3.8, 4) is 0 Å². The van der Waals surface area contributed by atoms with Gasteiger partial charge in [-0.25, -0.2) is 4.98 Å². The molecule has 0 radical (unpaired) electrons. The van der Waals surface area contributed by atoms with Gasteiger partial charge in [0.05, 0.1) is 5.52 Å². The van der Waals surface area contributed by atoms with Gasteiger partial charge in [-0.3, -0.25) is 4.79 Å². The van der Waals surface area contributed by atoms with Crippen molar-refractivity contribution in [2.45, 2.75) is 57.0 Å². The average Bonchev–Trinajstić information content (AvgIpc) is 3.28. The lowest BCUT2D eigenvalue weighted by Crippen LogP contribution is -2.40. The molecule has 1 saturated carbocycles. The van der Waals surface area contributed by atoms with E-state index in [0.29, 0.717) is 18.4 Å². The van der Waals surface area contributed by atoms with Gasteiger partial charge >= 0.3 is 0 Å². The second kappa shape index (κ2) is 10.1. The molecule has 0 saturated heterocycles. The van der Waals surface area contributed by atoms with Gasteiger partial charge in [-0.2, -0.15) is 4.98 Å². The fraction of sp³-hybridized carbons (Fsp3) is 0.458. The van der Waals surface area contributed by atoms with Gasteiger partial charge in [-0.1, -0.05) is 18.2 Å². The molecule has 6 nitrogen and oxygen atoms in total. The van der Waals surface area contributed by atoms with E-state index >= 15 is 0 Å². The zero-order valence-electron chi connectivity index (χ0n) is 18.3. The molecule has 0 spiro atoms. The SMILES string of the molecule is CN(C)c1nc(N[C@H]2CC[C@@H](NC(=O)CCCc3cccs3)CC2)nc2ccccc12. The number of nitrogens with zero attached hydrogens (tertiary/aromatic N) is 3. The lowest BCUT2D eigenvalue weighted by atomic mass is 9.91. The van der Waals surface area contributed by atoms with Gasteiger partial charge in [-0.05, 0) is 62.1 Å². The number of benzene rings is 1. The lowest BCUT2D eigenvalue weighted by Gasteiger charge is -2.30. The van der Waals surface area contributed by atoms with E-state index in [0.717, 1.165) is 55.2 Å². The van der Waals surface area contributed by atoms with Gasteiger partial charge < -0.3 is 15.5 Å². The number of nitrogens with one attached hydrogen (secondary N) is 2. The Labute approximate surface area is 188 Å². The molecule has 0 bridgehead atoms. The van der Waals surface area contributed by atoms with Gasteiger partial charge in [0.1, 0.15) is 5.82 Å². The first kappa shape index (κ1) is 21.6. The van der Waals surface area contributed by atoms with Gasteiger partial charge in [-0.15, -0.1) is 11.3 Å². The van der Waals surface area contributed by atoms with Crippen molar-refractivity contribution in [3.05, 3.63) is 46.7 Å². The first-order valence-corrected chi connectivity index (χ1v) is 12.0. The van der Waals surface area contributed by atoms with E-state index in [1.165, 1.54) is 4.88 Å². The Morgan fingerprint density at radius 1 is 1.06 bits per heavy atom. The molecule has 2 heterocycles. The number of hydrogen-bond acceptors (Lipinski definition) is 6. The molecule has 2 aromatic heterocycles. The van der Waals surface area contributed by atoms with Crippen LogP contribution in [0, 0.1) is 0 Å². The highest BCUT2D eigenvalue weighted by Gasteiger charge is 2.23. The van der Waals surface area contributed by atoms with Crippen LogP contribution < -0.4 is 15.5 Å². The fourth-order valence-corrected chi connectivity index (χ4v) is 4.96. The van der Waals surface area contributed by atoms with Crippen LogP contribution >= 0.6 is 11.3 Å². The minimum atomic E-state index is 0.182. The van der Waals surface area contributed by atoms with E-state index in [-0.39, 0.29) is 11.9 Å². The third-order valence-corrected chi connectivity index (χ3v) is 6.78. The maximum absolute atomic E-state index is 12.3. The van der Waals surface area contributed by atoms with Crippen molar-refractivity contribution in [2.24, 2.45) is 0 Å². The highest BCUT2D eigenvalue weighted by Crippen LogP contribution is 2.26. The highest BCUT2D eigenvalue weighted by molar-refractivity contribution is 7.09. The maximum Gasteiger partial charge on any atom is 0.225 e. The molecule has 2 N–H and O–H groups in total. The second-order valence-corrected chi connectivity index (χ2v) is 9.51. The number of rotatable bonds is 8. The van der Waals surface area contributed by atoms with Crippen molar-refractivity contribution in [3.63, 3.8) is 0 Å². The number of aryl methyl sites for hydroxylation is 1. The Morgan fingerprint density at radius 3 is 2.58 bits per heavy atom. The average molecular weight is 438 g/mol. The molecule has 0 unspecified atom stereocenters. The van der Waals surface area contributed by atoms with Crippen molar-refractivity contribution in [1.29, 1.82) is 0 Å². The smallest absolute Gasteiger partial charge is 0.225 e. The van der Waals surface area contributed by atoms with E-state index in [1.54, 1.807) is 11.3 Å². The van der Waals surface area contributed by atoms with Crippen LogP contribution in [-0.4, -0.2) is 42.1 Å². The summed E-state index contributed by atoms with van der Waals surface area (Å²) >= 11 is 1.76. The Balaban J connectivity index is 1.26. The molecule has 0 aliphatic heterocycles. The molecule has 1 aliphatic carbocycles. The molecule has 31 heavy (non-hydrogen) atoms. The number of fused-ring (bicyclic) bond motifs is 1. The van der Waals surface area contributed by atoms with Crippen LogP contribution in [0.4, 0.5) is 11.8 Å². The number of amides is 1. The highest BCUT2D eigenvalue weighted by atomic mass is 32.1. The lowest BCUT2D eigenvalue weighted by molar-refractivity contribution is -0.122. The van der Waals surface area contributed by atoms with Crippen molar-refractivity contribution in [2.75, 3.05) is 24.3 Å². The number of carbonyl (C=O) groups excluding carboxylic acids is 1. The maximum atomic E-state index is 12.3. The molecule has 7 heteroatoms. The molecule has 1 aliphatic rings. The molecule has 3 aromatic rings. The van der Waals surface area contributed by atoms with E-state index in [2.05, 4.69) is 34.2 Å². The Bertz CT molecular complexity index is 996. The van der Waals surface area contributed by atoms with Gasteiger partial charge in [0.2, 0.25) is 11.9 Å². The van der Waals surface area contributed by atoms with E-state index in [4.69, 9.17) is 9.97 Å². The molecular formula is C24H31N5OS. The Morgan fingerprint density at radius 2 is 1.84 bits per heavy atom. The minimum Gasteiger partial charge on any atom is -0.362 e. The summed E-state index contributed by atoms with van der Waals surface area (Å²) in [6.07, 6.45) is 6.50. The van der Waals surface area contributed by atoms with E-state index < -0.39 is 0 Å². The first-order chi connectivity index (χ1) is 15.1. The zero-order valence-corrected chi connectivity index (χ0v) is 19.1. The van der Waals surface area contributed by atoms with E-state index in [9.17, 15) is 4.79 Å². The molecule has 0 atom stereocenters. The summed E-state index contributed by atoms with van der Waals surface area (Å²) in [7, 11) is 4.01. The van der Waals surface area contributed by atoms with Gasteiger partial charge in [0, 0.05) is 42.9 Å². The zero-order chi connectivity index (χ0) is 21.6. The summed E-state index contributed by atoms with van der Waals surface area (Å²) in [5.74, 6) is 1.79. The summed E-state index contributed by atoms with van der Waals surface area (Å²) in [5.41, 5.74) is 0.951. The van der Waals surface area contributed by atoms with Crippen molar-refractivity contribution in [1.82, 2.24) is 15.3 Å². The Hall–Kier alpha value is -2.67. The largest absolute Gasteiger partial charge is 0.362 e. The molecule has 164 valence electrons. The third-order valence-electron chi connectivity index (χ3n) is 5.84. The van der Waals surface area contributed by atoms with Crippen LogP contribution in [0.2, 0.25) is 0 Å². The molecule has 1 amide bonds. The normalized spacial score (nSPS) is 18.6. The van der Waals surface area contributed by atoms with Crippen LogP contribution in [0.5, 0.6) is 0 Å². The van der Waals surface area contributed by atoms with E-state index in [1.807, 2.05) is 37.2 Å². The van der Waals surface area contributed by atoms with Crippen LogP contribution in [0.1, 0.15) is 43.4 Å². The van der Waals surface area contributed by atoms with Crippen molar-refractivity contribution >= 4 is 39.9 Å². The topological polar surface area (TPSA) is 70.2 Å². The number of aromatic nitrogens is 2. The summed E-state index contributed by atoms with van der Waals surface area (Å²) < 4.78 is 0. The first-order valence-electron chi connectivity index (χ1n) is 11.1. The Kier molecular flexibility index (Phi) is 7.02. The summed E-state index contributed by atoms with van der Waals surface area (Å²) in [5, 5.41) is 9.91. The second-order valence-electron chi connectivity index (χ2n) is 8.48. The molecule has 1 aromatic carbocycles. The summed E-state index contributed by atoms with van der Waals surface area (Å²) in [4.78, 5) is 25.1. The minimum absolute atomic E-state index is 0.182. The predicted octanol–water partition coefficient (Wildman–Crippen LogP) is 4.62. The molecule has 1 fully saturated rings. The fourth-order valence-electron chi connectivity index (χ4n) is 4.21. The number of hydrogen-bond donors (Lipinski definition) is 2. The van der Waals surface area contributed by atoms with Crippen LogP contribution in [0.25, 0.3) is 10.9 Å². The third kappa shape index (κ3) is 5.73. The quantitative estimate of drug-likeness (QED) is 0.538. The van der Waals surface area contributed by atoms with Gasteiger partial charge in [0.25, 0.3) is 0 Å². The number of anilines is 2. The predicted molar refractivity (Wildman–Crippen MR) is 129 cm³/mol. The number of thiophene rings is 1. The monoisotopic (exact) mass is 437 g/mol. The molecule has 4 rings (SSSR count). The summed E-state index contributed by atoms with van der Waals surface area (Å²) in [6.45, 7) is 0. The number of carbonyl (C=O) groups is 1. The number of para-hydroxylation sites is 1. The van der Waals surface area contributed by atoms with Crippen LogP contribution in [0.3, 0.4) is 0 Å². The standard InChI is InChI=1S/C24H31N5OS/c1-29(2)23-20-9-3-4-10-21(20)27-24(28-23)26-18-14-12-17(13-15-18)25-22(30)11-5-7-19-8-6-16-31-19/h3-4,6,8-10,16-18H,5,7,11-15H2,1-2H3,(H,25,30)(H,26,27,28)/t17-,18+. The van der Waals surface area contributed by atoms with Gasteiger partial charge in [0.15, 0.2) is 0 Å². The van der Waals surface area contributed by atoms with Crippen LogP contribution in [-0.2, 0) is 11.2 Å².